The Labute approximate surface area is 155 Å². The number of rotatable bonds is 5. The highest BCUT2D eigenvalue weighted by Gasteiger charge is 2.08. The molecule has 0 aliphatic heterocycles. The standard InChI is InChI=1S/C21H16INO/c22-18-13-7-8-14-19(18)23-20(16-9-3-1-4-10-16)15-21(24)17-11-5-2-6-12-17/h1-15,23H/b20-15-. The van der Waals surface area contributed by atoms with Crippen molar-refractivity contribution in [3.05, 3.63) is 106 Å². The highest BCUT2D eigenvalue weighted by molar-refractivity contribution is 14.1. The Kier molecular flexibility index (Phi) is 5.43. The van der Waals surface area contributed by atoms with Gasteiger partial charge in [-0.25, -0.2) is 0 Å². The van der Waals surface area contributed by atoms with Crippen LogP contribution in [0.5, 0.6) is 0 Å². The van der Waals surface area contributed by atoms with Crippen LogP contribution in [0.2, 0.25) is 0 Å². The molecule has 0 fully saturated rings. The summed E-state index contributed by atoms with van der Waals surface area (Å²) in [5.74, 6) is -0.0205. The average Bonchev–Trinajstić information content (AvgIpc) is 2.64. The smallest absolute Gasteiger partial charge is 0.187 e. The van der Waals surface area contributed by atoms with E-state index in [9.17, 15) is 4.79 Å². The molecule has 1 N–H and O–H groups in total. The van der Waals surface area contributed by atoms with Gasteiger partial charge in [0.05, 0.1) is 5.69 Å². The van der Waals surface area contributed by atoms with Crippen LogP contribution in [0.4, 0.5) is 5.69 Å². The molecule has 0 saturated carbocycles. The van der Waals surface area contributed by atoms with Crippen LogP contribution in [0.25, 0.3) is 5.70 Å². The third kappa shape index (κ3) is 4.11. The van der Waals surface area contributed by atoms with Gasteiger partial charge in [0.15, 0.2) is 5.78 Å². The van der Waals surface area contributed by atoms with Crippen LogP contribution < -0.4 is 5.32 Å². The molecular weight excluding hydrogens is 409 g/mol. The monoisotopic (exact) mass is 425 g/mol. The van der Waals surface area contributed by atoms with Crippen LogP contribution in [0, 0.1) is 3.57 Å². The first-order valence-electron chi connectivity index (χ1n) is 7.62. The van der Waals surface area contributed by atoms with Gasteiger partial charge in [-0.15, -0.1) is 0 Å². The average molecular weight is 425 g/mol. The number of para-hydroxylation sites is 1. The van der Waals surface area contributed by atoms with Crippen LogP contribution >= 0.6 is 22.6 Å². The molecule has 0 unspecified atom stereocenters. The maximum atomic E-state index is 12.6. The Bertz CT molecular complexity index is 857. The Morgan fingerprint density at radius 3 is 1.92 bits per heavy atom. The molecule has 0 amide bonds. The van der Waals surface area contributed by atoms with Gasteiger partial charge in [-0.3, -0.25) is 4.79 Å². The molecule has 3 aromatic carbocycles. The Morgan fingerprint density at radius 1 is 0.750 bits per heavy atom. The van der Waals surface area contributed by atoms with Crippen LogP contribution in [0.1, 0.15) is 15.9 Å². The molecule has 3 rings (SSSR count). The van der Waals surface area contributed by atoms with E-state index in [4.69, 9.17) is 0 Å². The first kappa shape index (κ1) is 16.5. The summed E-state index contributed by atoms with van der Waals surface area (Å²) in [7, 11) is 0. The van der Waals surface area contributed by atoms with Gasteiger partial charge in [-0.2, -0.15) is 0 Å². The van der Waals surface area contributed by atoms with E-state index in [0.29, 0.717) is 5.56 Å². The second kappa shape index (κ2) is 7.93. The van der Waals surface area contributed by atoms with Gasteiger partial charge in [0.1, 0.15) is 0 Å². The summed E-state index contributed by atoms with van der Waals surface area (Å²) in [6.07, 6.45) is 1.66. The van der Waals surface area contributed by atoms with Crippen LogP contribution in [-0.4, -0.2) is 5.78 Å². The number of nitrogens with one attached hydrogen (secondary N) is 1. The summed E-state index contributed by atoms with van der Waals surface area (Å²) in [6.45, 7) is 0. The minimum absolute atomic E-state index is 0.0205. The molecular formula is C21H16INO. The molecule has 0 bridgehead atoms. The highest BCUT2D eigenvalue weighted by atomic mass is 127. The summed E-state index contributed by atoms with van der Waals surface area (Å²) < 4.78 is 1.10. The van der Waals surface area contributed by atoms with Crippen molar-refractivity contribution in [2.24, 2.45) is 0 Å². The van der Waals surface area contributed by atoms with Crippen molar-refractivity contribution < 1.29 is 4.79 Å². The minimum Gasteiger partial charge on any atom is -0.354 e. The number of allylic oxidation sites excluding steroid dienone is 1. The van der Waals surface area contributed by atoms with E-state index >= 15 is 0 Å². The second-order valence-electron chi connectivity index (χ2n) is 5.26. The Hall–Kier alpha value is -2.40. The maximum absolute atomic E-state index is 12.6. The first-order chi connectivity index (χ1) is 11.7. The lowest BCUT2D eigenvalue weighted by molar-refractivity contribution is 0.104. The summed E-state index contributed by atoms with van der Waals surface area (Å²) in [6, 6.07) is 27.2. The van der Waals surface area contributed by atoms with Crippen molar-refractivity contribution in [2.75, 3.05) is 5.32 Å². The fraction of sp³-hybridized carbons (Fsp3) is 0. The van der Waals surface area contributed by atoms with Crippen molar-refractivity contribution in [1.29, 1.82) is 0 Å². The summed E-state index contributed by atoms with van der Waals surface area (Å²) in [5.41, 5.74) is 3.42. The van der Waals surface area contributed by atoms with Gasteiger partial charge >= 0.3 is 0 Å². The van der Waals surface area contributed by atoms with Gasteiger partial charge in [0.25, 0.3) is 0 Å². The molecule has 0 aliphatic carbocycles. The Balaban J connectivity index is 1.98. The lowest BCUT2D eigenvalue weighted by atomic mass is 10.1. The molecule has 0 aromatic heterocycles. The van der Waals surface area contributed by atoms with Crippen molar-refractivity contribution in [3.8, 4) is 0 Å². The first-order valence-corrected chi connectivity index (χ1v) is 8.70. The molecule has 0 atom stereocenters. The number of carbonyl (C=O) groups excluding carboxylic acids is 1. The largest absolute Gasteiger partial charge is 0.354 e. The van der Waals surface area contributed by atoms with Crippen LogP contribution in [-0.2, 0) is 0 Å². The van der Waals surface area contributed by atoms with E-state index in [2.05, 4.69) is 27.9 Å². The molecule has 0 saturated heterocycles. The number of anilines is 1. The zero-order chi connectivity index (χ0) is 16.8. The predicted molar refractivity (Wildman–Crippen MR) is 108 cm³/mol. The summed E-state index contributed by atoms with van der Waals surface area (Å²) >= 11 is 2.28. The van der Waals surface area contributed by atoms with Crippen LogP contribution in [0.15, 0.2) is 91.0 Å². The van der Waals surface area contributed by atoms with E-state index < -0.39 is 0 Å². The molecule has 118 valence electrons. The normalized spacial score (nSPS) is 11.1. The molecule has 24 heavy (non-hydrogen) atoms. The predicted octanol–water partition coefficient (Wildman–Crippen LogP) is 5.63. The van der Waals surface area contributed by atoms with E-state index in [0.717, 1.165) is 20.5 Å². The molecule has 0 spiro atoms. The fourth-order valence-corrected chi connectivity index (χ4v) is 2.86. The third-order valence-corrected chi connectivity index (χ3v) is 4.50. The zero-order valence-electron chi connectivity index (χ0n) is 12.9. The van der Waals surface area contributed by atoms with E-state index in [1.54, 1.807) is 6.08 Å². The molecule has 0 heterocycles. The van der Waals surface area contributed by atoms with Crippen molar-refractivity contribution in [1.82, 2.24) is 0 Å². The second-order valence-corrected chi connectivity index (χ2v) is 6.42. The van der Waals surface area contributed by atoms with Gasteiger partial charge in [0.2, 0.25) is 0 Å². The molecule has 3 aromatic rings. The van der Waals surface area contributed by atoms with E-state index in [-0.39, 0.29) is 5.78 Å². The van der Waals surface area contributed by atoms with Crippen molar-refractivity contribution in [2.45, 2.75) is 0 Å². The number of ketones is 1. The van der Waals surface area contributed by atoms with Gasteiger partial charge in [-0.1, -0.05) is 72.8 Å². The molecule has 3 heteroatoms. The van der Waals surface area contributed by atoms with Crippen molar-refractivity contribution >= 4 is 39.8 Å². The van der Waals surface area contributed by atoms with E-state index in [1.165, 1.54) is 0 Å². The molecule has 2 nitrogen and oxygen atoms in total. The lowest BCUT2D eigenvalue weighted by Gasteiger charge is -2.13. The van der Waals surface area contributed by atoms with Gasteiger partial charge in [0, 0.05) is 20.9 Å². The lowest BCUT2D eigenvalue weighted by Crippen LogP contribution is -2.04. The van der Waals surface area contributed by atoms with Gasteiger partial charge in [-0.05, 0) is 40.3 Å². The van der Waals surface area contributed by atoms with E-state index in [1.807, 2.05) is 84.9 Å². The molecule has 0 radical (unpaired) electrons. The van der Waals surface area contributed by atoms with Gasteiger partial charge < -0.3 is 5.32 Å². The quantitative estimate of drug-likeness (QED) is 0.326. The summed E-state index contributed by atoms with van der Waals surface area (Å²) in [4.78, 5) is 12.6. The maximum Gasteiger partial charge on any atom is 0.187 e. The number of hydrogen-bond acceptors (Lipinski definition) is 2. The SMILES string of the molecule is O=C(/C=C(\Nc1ccccc1I)c1ccccc1)c1ccccc1. The Morgan fingerprint density at radius 2 is 1.29 bits per heavy atom. The molecule has 0 aliphatic rings. The zero-order valence-corrected chi connectivity index (χ0v) is 15.1. The third-order valence-electron chi connectivity index (χ3n) is 3.56. The number of halogens is 1. The minimum atomic E-state index is -0.0205. The topological polar surface area (TPSA) is 29.1 Å². The highest BCUT2D eigenvalue weighted by Crippen LogP contribution is 2.23. The number of carbonyl (C=O) groups is 1. The number of benzene rings is 3. The van der Waals surface area contributed by atoms with Crippen LogP contribution in [0.3, 0.4) is 0 Å². The fourth-order valence-electron chi connectivity index (χ4n) is 2.33. The van der Waals surface area contributed by atoms with Crippen molar-refractivity contribution in [3.63, 3.8) is 0 Å². The number of hydrogen-bond donors (Lipinski definition) is 1. The summed E-state index contributed by atoms with van der Waals surface area (Å²) in [5, 5.41) is 3.40.